The maximum atomic E-state index is 12.9. The van der Waals surface area contributed by atoms with Gasteiger partial charge in [0.15, 0.2) is 9.84 Å². The number of sulfone groups is 1. The maximum Gasteiger partial charge on any atom is 0.160 e. The van der Waals surface area contributed by atoms with E-state index in [1.54, 1.807) is 20.8 Å². The lowest BCUT2D eigenvalue weighted by Gasteiger charge is -2.40. The van der Waals surface area contributed by atoms with Gasteiger partial charge in [0.2, 0.25) is 0 Å². The van der Waals surface area contributed by atoms with Crippen molar-refractivity contribution in [2.24, 2.45) is 17.3 Å². The van der Waals surface area contributed by atoms with Crippen LogP contribution in [0.1, 0.15) is 87.0 Å². The molecular weight excluding hydrogens is 332 g/mol. The number of carbonyl (C=O) groups excluding carboxylic acids is 1. The summed E-state index contributed by atoms with van der Waals surface area (Å²) < 4.78 is 24.3. The van der Waals surface area contributed by atoms with Crippen molar-refractivity contribution < 1.29 is 13.2 Å². The largest absolute Gasteiger partial charge is 0.299 e. The average molecular weight is 369 g/mol. The first kappa shape index (κ1) is 20.7. The molecule has 0 N–H and O–H groups in total. The Hall–Kier alpha value is -0.640. The van der Waals surface area contributed by atoms with Gasteiger partial charge < -0.3 is 0 Å². The number of rotatable bonds is 5. The van der Waals surface area contributed by atoms with E-state index in [9.17, 15) is 13.2 Å². The second-order valence-electron chi connectivity index (χ2n) is 10.0. The van der Waals surface area contributed by atoms with Crippen molar-refractivity contribution in [3.8, 4) is 0 Å². The molecule has 0 heterocycles. The third kappa shape index (κ3) is 3.48. The van der Waals surface area contributed by atoms with Gasteiger partial charge in [-0.1, -0.05) is 25.5 Å². The fourth-order valence-electron chi connectivity index (χ4n) is 5.00. The molecule has 0 aliphatic heterocycles. The number of ketones is 1. The van der Waals surface area contributed by atoms with Crippen LogP contribution in [-0.4, -0.2) is 23.7 Å². The van der Waals surface area contributed by atoms with Crippen LogP contribution in [0, 0.1) is 17.3 Å². The predicted octanol–water partition coefficient (Wildman–Crippen LogP) is 5.10. The predicted molar refractivity (Wildman–Crippen MR) is 104 cm³/mol. The standard InChI is InChI=1S/C21H36O3S/c1-15(12-14-20(5,6)25(23,24)19(2,3)4)16-10-11-17-18(22)9-8-13-21(16,17)7/h10,15,17H,8-9,11-14H2,1-7H3/t15-,17+,21-/m1/s1. The van der Waals surface area contributed by atoms with Crippen LogP contribution in [0.25, 0.3) is 0 Å². The number of hydrogen-bond acceptors (Lipinski definition) is 3. The van der Waals surface area contributed by atoms with Crippen molar-refractivity contribution in [2.45, 2.75) is 96.5 Å². The molecule has 0 spiro atoms. The Morgan fingerprint density at radius 3 is 2.40 bits per heavy atom. The van der Waals surface area contributed by atoms with Gasteiger partial charge in [0.25, 0.3) is 0 Å². The second kappa shape index (κ2) is 6.51. The fraction of sp³-hybridized carbons (Fsp3) is 0.857. The summed E-state index contributed by atoms with van der Waals surface area (Å²) in [4.78, 5) is 12.3. The number of hydrogen-bond donors (Lipinski definition) is 0. The molecule has 3 nitrogen and oxygen atoms in total. The Labute approximate surface area is 154 Å². The first-order valence-corrected chi connectivity index (χ1v) is 11.2. The minimum Gasteiger partial charge on any atom is -0.299 e. The van der Waals surface area contributed by atoms with Gasteiger partial charge in [-0.15, -0.1) is 0 Å². The lowest BCUT2D eigenvalue weighted by molar-refractivity contribution is -0.128. The van der Waals surface area contributed by atoms with Gasteiger partial charge in [0.05, 0.1) is 9.49 Å². The van der Waals surface area contributed by atoms with Gasteiger partial charge in [0.1, 0.15) is 5.78 Å². The van der Waals surface area contributed by atoms with Crippen LogP contribution in [0.2, 0.25) is 0 Å². The summed E-state index contributed by atoms with van der Waals surface area (Å²) in [5.74, 6) is 0.906. The molecule has 0 aromatic carbocycles. The molecule has 25 heavy (non-hydrogen) atoms. The van der Waals surface area contributed by atoms with E-state index in [2.05, 4.69) is 19.9 Å². The first-order valence-electron chi connectivity index (χ1n) is 9.71. The highest BCUT2D eigenvalue weighted by molar-refractivity contribution is 7.94. The lowest BCUT2D eigenvalue weighted by Crippen LogP contribution is -2.44. The molecule has 0 radical (unpaired) electrons. The molecule has 0 bridgehead atoms. The lowest BCUT2D eigenvalue weighted by atomic mass is 9.63. The Morgan fingerprint density at radius 1 is 1.24 bits per heavy atom. The molecule has 2 aliphatic carbocycles. The van der Waals surface area contributed by atoms with E-state index in [0.29, 0.717) is 18.1 Å². The highest BCUT2D eigenvalue weighted by Gasteiger charge is 2.48. The highest BCUT2D eigenvalue weighted by Crippen LogP contribution is 2.54. The van der Waals surface area contributed by atoms with Crippen LogP contribution in [0.4, 0.5) is 0 Å². The van der Waals surface area contributed by atoms with E-state index >= 15 is 0 Å². The third-order valence-electron chi connectivity index (χ3n) is 6.75. The van der Waals surface area contributed by atoms with E-state index in [0.717, 1.165) is 32.1 Å². The van der Waals surface area contributed by atoms with Crippen molar-refractivity contribution >= 4 is 15.6 Å². The normalized spacial score (nSPS) is 29.3. The van der Waals surface area contributed by atoms with Crippen molar-refractivity contribution in [3.05, 3.63) is 11.6 Å². The highest BCUT2D eigenvalue weighted by atomic mass is 32.2. The smallest absolute Gasteiger partial charge is 0.160 e. The van der Waals surface area contributed by atoms with Gasteiger partial charge in [-0.2, -0.15) is 0 Å². The molecule has 0 unspecified atom stereocenters. The molecule has 0 amide bonds. The van der Waals surface area contributed by atoms with Gasteiger partial charge in [0, 0.05) is 12.3 Å². The molecule has 3 atom stereocenters. The van der Waals surface area contributed by atoms with Crippen molar-refractivity contribution in [1.29, 1.82) is 0 Å². The summed E-state index contributed by atoms with van der Waals surface area (Å²) in [5.41, 5.74) is 1.40. The van der Waals surface area contributed by atoms with E-state index in [1.807, 2.05) is 13.8 Å². The number of allylic oxidation sites excluding steroid dienone is 2. The van der Waals surface area contributed by atoms with Crippen LogP contribution in [0.3, 0.4) is 0 Å². The topological polar surface area (TPSA) is 51.2 Å². The summed E-state index contributed by atoms with van der Waals surface area (Å²) in [5, 5.41) is 0. The number of fused-ring (bicyclic) bond motifs is 1. The van der Waals surface area contributed by atoms with E-state index in [-0.39, 0.29) is 11.3 Å². The van der Waals surface area contributed by atoms with Crippen LogP contribution < -0.4 is 0 Å². The zero-order chi connectivity index (χ0) is 19.3. The van der Waals surface area contributed by atoms with Gasteiger partial charge in [-0.25, -0.2) is 8.42 Å². The van der Waals surface area contributed by atoms with Gasteiger partial charge in [-0.3, -0.25) is 4.79 Å². The van der Waals surface area contributed by atoms with E-state index < -0.39 is 19.3 Å². The van der Waals surface area contributed by atoms with Crippen molar-refractivity contribution in [1.82, 2.24) is 0 Å². The molecule has 0 saturated heterocycles. The van der Waals surface area contributed by atoms with Crippen LogP contribution >= 0.6 is 0 Å². The minimum absolute atomic E-state index is 0.00178. The molecule has 0 aromatic heterocycles. The summed E-state index contributed by atoms with van der Waals surface area (Å²) in [7, 11) is -3.22. The Kier molecular flexibility index (Phi) is 5.38. The first-order chi connectivity index (χ1) is 11.2. The van der Waals surface area contributed by atoms with Crippen molar-refractivity contribution in [2.75, 3.05) is 0 Å². The monoisotopic (exact) mass is 368 g/mol. The Balaban J connectivity index is 2.11. The molecule has 2 aliphatic rings. The zero-order valence-corrected chi connectivity index (χ0v) is 17.9. The Bertz CT molecular complexity index is 664. The summed E-state index contributed by atoms with van der Waals surface area (Å²) in [6.07, 6.45) is 7.46. The quantitative estimate of drug-likeness (QED) is 0.634. The van der Waals surface area contributed by atoms with Gasteiger partial charge in [-0.05, 0) is 78.1 Å². The molecule has 0 aromatic rings. The molecule has 1 fully saturated rings. The molecule has 1 saturated carbocycles. The molecule has 4 heteroatoms. The average Bonchev–Trinajstić information content (AvgIpc) is 2.82. The van der Waals surface area contributed by atoms with E-state index in [4.69, 9.17) is 0 Å². The van der Waals surface area contributed by atoms with Crippen LogP contribution in [-0.2, 0) is 14.6 Å². The fourth-order valence-corrected chi connectivity index (χ4v) is 7.04. The number of Topliss-reactive ketones (excluding diaryl/α,β-unsaturated/α-hetero) is 1. The summed E-state index contributed by atoms with van der Waals surface area (Å²) in [6, 6.07) is 0. The number of carbonyl (C=O) groups is 1. The van der Waals surface area contributed by atoms with Crippen LogP contribution in [0.15, 0.2) is 11.6 Å². The van der Waals surface area contributed by atoms with E-state index in [1.165, 1.54) is 5.57 Å². The van der Waals surface area contributed by atoms with Gasteiger partial charge >= 0.3 is 0 Å². The maximum absolute atomic E-state index is 12.9. The summed E-state index contributed by atoms with van der Waals surface area (Å²) in [6.45, 7) is 13.5. The Morgan fingerprint density at radius 2 is 1.84 bits per heavy atom. The SMILES string of the molecule is C[C@H](CCC(C)(C)S(=O)(=O)C(C)(C)C)C1=CC[C@H]2C(=O)CCC[C@]12C. The minimum atomic E-state index is -3.22. The third-order valence-corrected chi connectivity index (χ3v) is 10.0. The molecular formula is C21H36O3S. The zero-order valence-electron chi connectivity index (χ0n) is 17.1. The summed E-state index contributed by atoms with van der Waals surface area (Å²) >= 11 is 0. The van der Waals surface area contributed by atoms with Crippen LogP contribution in [0.5, 0.6) is 0 Å². The second-order valence-corrected chi connectivity index (χ2v) is 13.3. The molecule has 2 rings (SSSR count). The van der Waals surface area contributed by atoms with Crippen molar-refractivity contribution in [3.63, 3.8) is 0 Å². The molecule has 144 valence electrons.